The highest BCUT2D eigenvalue weighted by molar-refractivity contribution is 6.36. The predicted octanol–water partition coefficient (Wildman–Crippen LogP) is 2.79. The monoisotopic (exact) mass is 311 g/mol. The summed E-state index contributed by atoms with van der Waals surface area (Å²) in [5.74, 6) is -1.67. The lowest BCUT2D eigenvalue weighted by Crippen LogP contribution is -2.46. The summed E-state index contributed by atoms with van der Waals surface area (Å²) in [6, 6.07) is 4.38. The van der Waals surface area contributed by atoms with Crippen molar-refractivity contribution in [2.75, 3.05) is 0 Å². The zero-order chi connectivity index (χ0) is 13.2. The molecule has 1 unspecified atom stereocenters. The van der Waals surface area contributed by atoms with Gasteiger partial charge in [0.05, 0.1) is 5.02 Å². The van der Waals surface area contributed by atoms with Gasteiger partial charge in [0.1, 0.15) is 5.54 Å². The fourth-order valence-electron chi connectivity index (χ4n) is 1.22. The number of carboxylic acid groups (broad SMARTS) is 1. The quantitative estimate of drug-likeness (QED) is 0.838. The molecule has 7 heteroatoms. The third kappa shape index (κ3) is 4.14. The number of benzene rings is 1. The Kier molecular flexibility index (Phi) is 6.10. The molecule has 0 aliphatic heterocycles. The lowest BCUT2D eigenvalue weighted by Gasteiger charge is -2.18. The smallest absolute Gasteiger partial charge is 0.323 e. The lowest BCUT2D eigenvalue weighted by molar-refractivity contribution is -0.142. The Morgan fingerprint density at radius 1 is 1.39 bits per heavy atom. The van der Waals surface area contributed by atoms with Crippen molar-refractivity contribution in [1.29, 1.82) is 0 Å². The summed E-state index contributed by atoms with van der Waals surface area (Å²) in [5.41, 5.74) is 4.09. The van der Waals surface area contributed by atoms with Crippen LogP contribution >= 0.6 is 35.6 Å². The second kappa shape index (κ2) is 6.38. The molecule has 18 heavy (non-hydrogen) atoms. The van der Waals surface area contributed by atoms with E-state index < -0.39 is 17.3 Å². The Bertz CT molecular complexity index is 475. The summed E-state index contributed by atoms with van der Waals surface area (Å²) in [6.45, 7) is 1.27. The van der Waals surface area contributed by atoms with E-state index in [2.05, 4.69) is 0 Å². The highest BCUT2D eigenvalue weighted by Crippen LogP contribution is 2.23. The average Bonchev–Trinajstić information content (AvgIpc) is 2.15. The van der Waals surface area contributed by atoms with Crippen LogP contribution in [-0.4, -0.2) is 22.4 Å². The maximum absolute atomic E-state index is 11.8. The van der Waals surface area contributed by atoms with Crippen molar-refractivity contribution >= 4 is 47.4 Å². The second-order valence-corrected chi connectivity index (χ2v) is 4.79. The van der Waals surface area contributed by atoms with Gasteiger partial charge >= 0.3 is 5.97 Å². The van der Waals surface area contributed by atoms with Crippen molar-refractivity contribution in [3.05, 3.63) is 33.8 Å². The Morgan fingerprint density at radius 2 is 1.94 bits per heavy atom. The first-order chi connectivity index (χ1) is 7.74. The minimum absolute atomic E-state index is 0. The Morgan fingerprint density at radius 3 is 2.39 bits per heavy atom. The van der Waals surface area contributed by atoms with Gasteiger partial charge in [0.25, 0.3) is 0 Å². The summed E-state index contributed by atoms with van der Waals surface area (Å²) >= 11 is 11.5. The van der Waals surface area contributed by atoms with Crippen LogP contribution in [0.2, 0.25) is 10.0 Å². The van der Waals surface area contributed by atoms with Crippen LogP contribution in [0.4, 0.5) is 0 Å². The summed E-state index contributed by atoms with van der Waals surface area (Å²) in [5, 5.41) is 9.41. The molecule has 1 aromatic carbocycles. The number of carboxylic acids is 1. The van der Waals surface area contributed by atoms with Crippen molar-refractivity contribution in [2.45, 2.75) is 18.9 Å². The van der Waals surface area contributed by atoms with Gasteiger partial charge < -0.3 is 10.8 Å². The van der Waals surface area contributed by atoms with Gasteiger partial charge in [-0.3, -0.25) is 9.59 Å². The van der Waals surface area contributed by atoms with Crippen LogP contribution in [0.25, 0.3) is 0 Å². The van der Waals surface area contributed by atoms with Crippen LogP contribution in [0, 0.1) is 0 Å². The molecule has 100 valence electrons. The van der Waals surface area contributed by atoms with Gasteiger partial charge in [0, 0.05) is 17.0 Å². The number of hydrogen-bond acceptors (Lipinski definition) is 3. The first-order valence-electron chi connectivity index (χ1n) is 4.74. The number of hydrogen-bond donors (Lipinski definition) is 2. The molecule has 0 aliphatic rings. The van der Waals surface area contributed by atoms with E-state index in [4.69, 9.17) is 34.0 Å². The minimum Gasteiger partial charge on any atom is -0.480 e. The fourth-order valence-corrected chi connectivity index (χ4v) is 1.73. The fraction of sp³-hybridized carbons (Fsp3) is 0.273. The molecule has 0 radical (unpaired) electrons. The zero-order valence-electron chi connectivity index (χ0n) is 9.44. The van der Waals surface area contributed by atoms with E-state index >= 15 is 0 Å². The molecule has 0 bridgehead atoms. The Labute approximate surface area is 120 Å². The van der Waals surface area contributed by atoms with E-state index in [0.717, 1.165) is 0 Å². The largest absolute Gasteiger partial charge is 0.480 e. The second-order valence-electron chi connectivity index (χ2n) is 3.95. The normalized spacial score (nSPS) is 13.3. The number of halogens is 3. The molecule has 4 nitrogen and oxygen atoms in total. The zero-order valence-corrected chi connectivity index (χ0v) is 11.8. The molecule has 0 aromatic heterocycles. The average molecular weight is 313 g/mol. The van der Waals surface area contributed by atoms with E-state index in [0.29, 0.717) is 5.02 Å². The van der Waals surface area contributed by atoms with E-state index in [1.165, 1.54) is 25.1 Å². The third-order valence-electron chi connectivity index (χ3n) is 2.25. The molecule has 0 saturated carbocycles. The van der Waals surface area contributed by atoms with Crippen molar-refractivity contribution in [1.82, 2.24) is 0 Å². The SMILES string of the molecule is CC(N)(CC(=O)c1ccc(Cl)cc1Cl)C(=O)O.Cl. The molecule has 0 fully saturated rings. The molecule has 0 heterocycles. The van der Waals surface area contributed by atoms with Gasteiger partial charge in [0.15, 0.2) is 5.78 Å². The van der Waals surface area contributed by atoms with Gasteiger partial charge in [-0.05, 0) is 25.1 Å². The molecule has 0 aliphatic carbocycles. The predicted molar refractivity (Wildman–Crippen MR) is 72.9 cm³/mol. The maximum atomic E-state index is 11.8. The third-order valence-corrected chi connectivity index (χ3v) is 2.80. The number of rotatable bonds is 4. The summed E-state index contributed by atoms with van der Waals surface area (Å²) < 4.78 is 0. The van der Waals surface area contributed by atoms with Crippen molar-refractivity contribution < 1.29 is 14.7 Å². The molecular weight excluding hydrogens is 300 g/mol. The number of carbonyl (C=O) groups is 2. The number of ketones is 1. The summed E-state index contributed by atoms with van der Waals surface area (Å²) in [7, 11) is 0. The molecule has 1 rings (SSSR count). The number of aliphatic carboxylic acids is 1. The number of carbonyl (C=O) groups excluding carboxylic acids is 1. The van der Waals surface area contributed by atoms with E-state index in [1.54, 1.807) is 0 Å². The van der Waals surface area contributed by atoms with E-state index in [1.807, 2.05) is 0 Å². The molecular formula is C11H12Cl3NO3. The van der Waals surface area contributed by atoms with Gasteiger partial charge in [-0.1, -0.05) is 23.2 Å². The highest BCUT2D eigenvalue weighted by atomic mass is 35.5. The van der Waals surface area contributed by atoms with Gasteiger partial charge in [0.2, 0.25) is 0 Å². The molecule has 1 atom stereocenters. The van der Waals surface area contributed by atoms with Crippen LogP contribution in [-0.2, 0) is 4.79 Å². The number of Topliss-reactive ketones (excluding diaryl/α,β-unsaturated/α-hetero) is 1. The van der Waals surface area contributed by atoms with Gasteiger partial charge in [-0.15, -0.1) is 12.4 Å². The van der Waals surface area contributed by atoms with Gasteiger partial charge in [-0.2, -0.15) is 0 Å². The summed E-state index contributed by atoms with van der Waals surface area (Å²) in [6.07, 6.45) is -0.330. The maximum Gasteiger partial charge on any atom is 0.323 e. The van der Waals surface area contributed by atoms with Crippen LogP contribution in [0.15, 0.2) is 18.2 Å². The molecule has 3 N–H and O–H groups in total. The van der Waals surface area contributed by atoms with Crippen LogP contribution in [0.3, 0.4) is 0 Å². The highest BCUT2D eigenvalue weighted by Gasteiger charge is 2.31. The van der Waals surface area contributed by atoms with Crippen LogP contribution < -0.4 is 5.73 Å². The molecule has 0 saturated heterocycles. The van der Waals surface area contributed by atoms with Crippen molar-refractivity contribution in [3.8, 4) is 0 Å². The minimum atomic E-state index is -1.61. The Hall–Kier alpha value is -0.810. The Balaban J connectivity index is 0.00000289. The summed E-state index contributed by atoms with van der Waals surface area (Å²) in [4.78, 5) is 22.6. The first-order valence-corrected chi connectivity index (χ1v) is 5.50. The van der Waals surface area contributed by atoms with E-state index in [9.17, 15) is 9.59 Å². The topological polar surface area (TPSA) is 80.4 Å². The van der Waals surface area contributed by atoms with Crippen molar-refractivity contribution in [2.24, 2.45) is 5.73 Å². The number of nitrogens with two attached hydrogens (primary N) is 1. The van der Waals surface area contributed by atoms with Gasteiger partial charge in [-0.25, -0.2) is 0 Å². The molecule has 0 amide bonds. The lowest BCUT2D eigenvalue weighted by atomic mass is 9.93. The molecule has 1 aromatic rings. The van der Waals surface area contributed by atoms with Crippen LogP contribution in [0.5, 0.6) is 0 Å². The standard InChI is InChI=1S/C11H11Cl2NO3.ClH/c1-11(14,10(16)17)5-9(15)7-3-2-6(12)4-8(7)13;/h2-4H,5,14H2,1H3,(H,16,17);1H. The van der Waals surface area contributed by atoms with Crippen LogP contribution in [0.1, 0.15) is 23.7 Å². The first kappa shape index (κ1) is 17.2. The van der Waals surface area contributed by atoms with Crippen molar-refractivity contribution in [3.63, 3.8) is 0 Å². The molecule has 0 spiro atoms. The van der Waals surface area contributed by atoms with E-state index in [-0.39, 0.29) is 29.4 Å².